The number of rotatable bonds is 33. The molecule has 0 heterocycles. The SMILES string of the molecule is CC/C=C\C/C=C\C/C=C\C/C=C\C/C=C\CCOCC(COP(=O)(O)OCC(N)C(=O)O)OC(=O)CCCCC/C=C\C/C=C\C/C=C\CC. The third-order valence-corrected chi connectivity index (χ3v) is 7.83. The second-order valence-corrected chi connectivity index (χ2v) is 13.0. The van der Waals surface area contributed by atoms with E-state index in [-0.39, 0.29) is 13.0 Å². The van der Waals surface area contributed by atoms with Gasteiger partial charge < -0.3 is 25.2 Å². The van der Waals surface area contributed by atoms with Crippen molar-refractivity contribution in [1.82, 2.24) is 0 Å². The fourth-order valence-electron chi connectivity index (χ4n) is 4.09. The number of aliphatic carboxylic acids is 1. The molecule has 0 spiro atoms. The van der Waals surface area contributed by atoms with Crippen LogP contribution in [0.25, 0.3) is 0 Å². The highest BCUT2D eigenvalue weighted by Gasteiger charge is 2.27. The van der Waals surface area contributed by atoms with Crippen molar-refractivity contribution < 1.29 is 42.7 Å². The molecule has 0 aromatic rings. The van der Waals surface area contributed by atoms with Crippen molar-refractivity contribution in [2.45, 2.75) is 116 Å². The molecule has 0 aromatic heterocycles. The molecule has 11 heteroatoms. The molecule has 0 amide bonds. The van der Waals surface area contributed by atoms with Gasteiger partial charge >= 0.3 is 19.8 Å². The standard InChI is InChI=1S/C40H64NO9P/c1-3-5-7-9-11-13-15-17-18-19-21-23-25-27-29-31-33-47-34-37(35-48-51(45,46)49-36-38(41)40(43)44)50-39(42)32-30-28-26-24-22-20-16-14-12-10-8-6-4-2/h5-8,11-14,17-18,20-23,27,29,37-38H,3-4,9-10,15-16,19,24-26,28,30-36,41H2,1-2H3,(H,43,44)(H,45,46)/b7-5-,8-6-,13-11-,14-12-,18-17-,22-20-,23-21-,29-27-. The van der Waals surface area contributed by atoms with E-state index in [1.807, 2.05) is 12.2 Å². The molecule has 0 aliphatic carbocycles. The van der Waals surface area contributed by atoms with Gasteiger partial charge in [-0.25, -0.2) is 4.57 Å². The maximum absolute atomic E-state index is 12.5. The molecule has 0 bridgehead atoms. The van der Waals surface area contributed by atoms with Gasteiger partial charge in [0, 0.05) is 6.42 Å². The maximum Gasteiger partial charge on any atom is 0.472 e. The van der Waals surface area contributed by atoms with Crippen LogP contribution in [0, 0.1) is 0 Å². The fourth-order valence-corrected chi connectivity index (χ4v) is 4.87. The van der Waals surface area contributed by atoms with Gasteiger partial charge in [-0.3, -0.25) is 18.6 Å². The number of carbonyl (C=O) groups excluding carboxylic acids is 1. The number of ether oxygens (including phenoxy) is 2. The number of hydrogen-bond donors (Lipinski definition) is 3. The Morgan fingerprint density at radius 2 is 1.08 bits per heavy atom. The zero-order valence-corrected chi connectivity index (χ0v) is 31.8. The van der Waals surface area contributed by atoms with Crippen molar-refractivity contribution >= 4 is 19.8 Å². The summed E-state index contributed by atoms with van der Waals surface area (Å²) in [6.07, 6.45) is 44.9. The van der Waals surface area contributed by atoms with Crippen LogP contribution in [0.5, 0.6) is 0 Å². The van der Waals surface area contributed by atoms with E-state index in [1.165, 1.54) is 0 Å². The highest BCUT2D eigenvalue weighted by molar-refractivity contribution is 7.47. The number of allylic oxidation sites excluding steroid dienone is 15. The Balaban J connectivity index is 4.53. The molecule has 0 aliphatic rings. The van der Waals surface area contributed by atoms with Crippen molar-refractivity contribution in [1.29, 1.82) is 0 Å². The van der Waals surface area contributed by atoms with E-state index in [1.54, 1.807) is 0 Å². The molecule has 0 radical (unpaired) electrons. The van der Waals surface area contributed by atoms with Crippen molar-refractivity contribution in [3.05, 3.63) is 97.2 Å². The Morgan fingerprint density at radius 3 is 1.57 bits per heavy atom. The third-order valence-electron chi connectivity index (χ3n) is 6.88. The van der Waals surface area contributed by atoms with Gasteiger partial charge in [-0.05, 0) is 77.0 Å². The second kappa shape index (κ2) is 35.3. The first-order valence-electron chi connectivity index (χ1n) is 18.3. The van der Waals surface area contributed by atoms with Gasteiger partial charge in [-0.2, -0.15) is 0 Å². The van der Waals surface area contributed by atoms with Crippen LogP contribution < -0.4 is 5.73 Å². The first-order valence-corrected chi connectivity index (χ1v) is 19.8. The summed E-state index contributed by atoms with van der Waals surface area (Å²) in [7, 11) is -4.64. The van der Waals surface area contributed by atoms with Crippen LogP contribution in [-0.4, -0.2) is 60.5 Å². The van der Waals surface area contributed by atoms with E-state index in [0.29, 0.717) is 19.4 Å². The summed E-state index contributed by atoms with van der Waals surface area (Å²) in [5.74, 6) is -1.86. The highest BCUT2D eigenvalue weighted by atomic mass is 31.2. The van der Waals surface area contributed by atoms with Gasteiger partial charge in [0.2, 0.25) is 0 Å². The van der Waals surface area contributed by atoms with Crippen LogP contribution in [0.2, 0.25) is 0 Å². The molecule has 3 unspecified atom stereocenters. The van der Waals surface area contributed by atoms with E-state index < -0.39 is 45.1 Å². The Morgan fingerprint density at radius 1 is 0.627 bits per heavy atom. The van der Waals surface area contributed by atoms with Crippen LogP contribution in [-0.2, 0) is 32.7 Å². The molecule has 10 nitrogen and oxygen atoms in total. The van der Waals surface area contributed by atoms with E-state index in [9.17, 15) is 19.0 Å². The van der Waals surface area contributed by atoms with Gasteiger partial charge in [-0.15, -0.1) is 0 Å². The molecular weight excluding hydrogens is 669 g/mol. The van der Waals surface area contributed by atoms with Crippen molar-refractivity contribution in [3.8, 4) is 0 Å². The summed E-state index contributed by atoms with van der Waals surface area (Å²) in [5, 5.41) is 8.86. The van der Waals surface area contributed by atoms with Gasteiger partial charge in [0.05, 0.1) is 26.4 Å². The number of carbonyl (C=O) groups is 2. The first kappa shape index (κ1) is 47.9. The van der Waals surface area contributed by atoms with Crippen molar-refractivity contribution in [3.63, 3.8) is 0 Å². The average Bonchev–Trinajstić information content (AvgIpc) is 3.10. The van der Waals surface area contributed by atoms with Crippen LogP contribution >= 0.6 is 7.82 Å². The van der Waals surface area contributed by atoms with E-state index in [4.69, 9.17) is 24.8 Å². The highest BCUT2D eigenvalue weighted by Crippen LogP contribution is 2.43. The zero-order valence-electron chi connectivity index (χ0n) is 30.9. The molecule has 3 atom stereocenters. The molecule has 0 rings (SSSR count). The van der Waals surface area contributed by atoms with E-state index in [0.717, 1.165) is 70.6 Å². The lowest BCUT2D eigenvalue weighted by Gasteiger charge is -2.20. The predicted molar refractivity (Wildman–Crippen MR) is 207 cm³/mol. The monoisotopic (exact) mass is 733 g/mol. The Labute approximate surface area is 307 Å². The minimum atomic E-state index is -4.64. The zero-order chi connectivity index (χ0) is 37.7. The number of carboxylic acids is 1. The number of nitrogens with two attached hydrogens (primary N) is 1. The largest absolute Gasteiger partial charge is 0.480 e. The lowest BCUT2D eigenvalue weighted by Crippen LogP contribution is -2.34. The number of hydrogen-bond acceptors (Lipinski definition) is 8. The van der Waals surface area contributed by atoms with Crippen molar-refractivity contribution in [2.75, 3.05) is 26.4 Å². The van der Waals surface area contributed by atoms with Gasteiger partial charge in [0.1, 0.15) is 12.1 Å². The number of unbranched alkanes of at least 4 members (excludes halogenated alkanes) is 3. The maximum atomic E-state index is 12.5. The first-order chi connectivity index (χ1) is 24.7. The van der Waals surface area contributed by atoms with Crippen molar-refractivity contribution in [2.24, 2.45) is 5.73 Å². The normalized spacial score (nSPS) is 15.2. The number of carboxylic acid groups (broad SMARTS) is 1. The molecule has 0 aliphatic heterocycles. The minimum Gasteiger partial charge on any atom is -0.480 e. The molecule has 0 saturated heterocycles. The van der Waals surface area contributed by atoms with E-state index in [2.05, 4.69) is 103 Å². The van der Waals surface area contributed by atoms with Gasteiger partial charge in [0.15, 0.2) is 0 Å². The smallest absolute Gasteiger partial charge is 0.472 e. The molecular formula is C40H64NO9P. The number of phosphoric acid groups is 1. The summed E-state index contributed by atoms with van der Waals surface area (Å²) < 4.78 is 33.0. The Kier molecular flexibility index (Phi) is 33.1. The van der Waals surface area contributed by atoms with E-state index >= 15 is 0 Å². The summed E-state index contributed by atoms with van der Waals surface area (Å²) in [6, 6.07) is -1.49. The number of phosphoric ester groups is 1. The van der Waals surface area contributed by atoms with Crippen LogP contribution in [0.3, 0.4) is 0 Å². The average molecular weight is 734 g/mol. The fraction of sp³-hybridized carbons (Fsp3) is 0.550. The Hall–Kier alpha value is -3.11. The Bertz CT molecular complexity index is 1170. The van der Waals surface area contributed by atoms with Gasteiger partial charge in [-0.1, -0.05) is 117 Å². The number of esters is 1. The lowest BCUT2D eigenvalue weighted by molar-refractivity contribution is -0.154. The summed E-state index contributed by atoms with van der Waals surface area (Å²) in [5.41, 5.74) is 5.32. The predicted octanol–water partition coefficient (Wildman–Crippen LogP) is 9.41. The topological polar surface area (TPSA) is 155 Å². The molecule has 0 aromatic carbocycles. The molecule has 51 heavy (non-hydrogen) atoms. The van der Waals surface area contributed by atoms with Crippen LogP contribution in [0.1, 0.15) is 104 Å². The summed E-state index contributed by atoms with van der Waals surface area (Å²) >= 11 is 0. The summed E-state index contributed by atoms with van der Waals surface area (Å²) in [4.78, 5) is 33.3. The van der Waals surface area contributed by atoms with Gasteiger partial charge in [0.25, 0.3) is 0 Å². The second-order valence-electron chi connectivity index (χ2n) is 11.6. The molecule has 288 valence electrons. The lowest BCUT2D eigenvalue weighted by atomic mass is 10.1. The van der Waals surface area contributed by atoms with Crippen LogP contribution in [0.4, 0.5) is 0 Å². The third kappa shape index (κ3) is 35.1. The van der Waals surface area contributed by atoms with Crippen LogP contribution in [0.15, 0.2) is 97.2 Å². The quantitative estimate of drug-likeness (QED) is 0.0257. The molecule has 0 saturated carbocycles. The molecule has 0 fully saturated rings. The molecule has 4 N–H and O–H groups in total. The summed E-state index contributed by atoms with van der Waals surface area (Å²) in [6.45, 7) is 3.34. The minimum absolute atomic E-state index is 0.0563.